The Hall–Kier alpha value is -0.860. The fourth-order valence-corrected chi connectivity index (χ4v) is 3.07. The third-order valence-corrected chi connectivity index (χ3v) is 4.05. The SMILES string of the molecule is CCCCNc1sc(C#N)c(N)c1SC. The van der Waals surface area contributed by atoms with Gasteiger partial charge in [0, 0.05) is 6.54 Å². The van der Waals surface area contributed by atoms with Gasteiger partial charge < -0.3 is 11.1 Å². The van der Waals surface area contributed by atoms with E-state index in [4.69, 9.17) is 11.0 Å². The van der Waals surface area contributed by atoms with E-state index in [0.29, 0.717) is 10.6 Å². The fraction of sp³-hybridized carbons (Fsp3) is 0.500. The first-order valence-electron chi connectivity index (χ1n) is 4.84. The van der Waals surface area contributed by atoms with Gasteiger partial charge in [-0.3, -0.25) is 0 Å². The minimum absolute atomic E-state index is 0.610. The van der Waals surface area contributed by atoms with Crippen LogP contribution in [0.15, 0.2) is 4.90 Å². The van der Waals surface area contributed by atoms with E-state index in [1.54, 1.807) is 11.8 Å². The van der Waals surface area contributed by atoms with Crippen LogP contribution in [0, 0.1) is 11.3 Å². The van der Waals surface area contributed by atoms with Crippen molar-refractivity contribution in [3.05, 3.63) is 4.88 Å². The predicted molar refractivity (Wildman–Crippen MR) is 68.6 cm³/mol. The lowest BCUT2D eigenvalue weighted by Gasteiger charge is -2.04. The average Bonchev–Trinajstić information content (AvgIpc) is 2.55. The van der Waals surface area contributed by atoms with E-state index in [2.05, 4.69) is 18.3 Å². The number of unbranched alkanes of at least 4 members (excludes halogenated alkanes) is 1. The molecule has 3 nitrogen and oxygen atoms in total. The van der Waals surface area contributed by atoms with Crippen molar-refractivity contribution in [1.29, 1.82) is 5.26 Å². The second-order valence-electron chi connectivity index (χ2n) is 3.10. The summed E-state index contributed by atoms with van der Waals surface area (Å²) in [7, 11) is 0. The maximum absolute atomic E-state index is 8.87. The molecule has 0 saturated heterocycles. The van der Waals surface area contributed by atoms with Crippen LogP contribution >= 0.6 is 23.1 Å². The molecule has 0 spiro atoms. The van der Waals surface area contributed by atoms with Crippen LogP contribution in [-0.4, -0.2) is 12.8 Å². The number of nitrogens with zero attached hydrogens (tertiary/aromatic N) is 1. The van der Waals surface area contributed by atoms with Crippen LogP contribution in [0.5, 0.6) is 0 Å². The largest absolute Gasteiger partial charge is 0.396 e. The number of hydrogen-bond donors (Lipinski definition) is 2. The summed E-state index contributed by atoms with van der Waals surface area (Å²) >= 11 is 3.03. The lowest BCUT2D eigenvalue weighted by molar-refractivity contribution is 0.834. The van der Waals surface area contributed by atoms with Gasteiger partial charge in [-0.1, -0.05) is 13.3 Å². The van der Waals surface area contributed by atoms with Crippen molar-refractivity contribution in [3.8, 4) is 6.07 Å². The molecule has 0 radical (unpaired) electrons. The molecule has 15 heavy (non-hydrogen) atoms. The van der Waals surface area contributed by atoms with E-state index in [1.165, 1.54) is 11.3 Å². The minimum atomic E-state index is 0.610. The van der Waals surface area contributed by atoms with Crippen LogP contribution in [0.2, 0.25) is 0 Å². The van der Waals surface area contributed by atoms with Crippen LogP contribution in [0.4, 0.5) is 10.7 Å². The summed E-state index contributed by atoms with van der Waals surface area (Å²) in [6, 6.07) is 2.12. The summed E-state index contributed by atoms with van der Waals surface area (Å²) in [5.74, 6) is 0. The number of nitrogen functional groups attached to an aromatic ring is 1. The van der Waals surface area contributed by atoms with E-state index >= 15 is 0 Å². The van der Waals surface area contributed by atoms with Crippen LogP contribution < -0.4 is 11.1 Å². The van der Waals surface area contributed by atoms with Crippen molar-refractivity contribution in [2.45, 2.75) is 24.7 Å². The van der Waals surface area contributed by atoms with E-state index < -0.39 is 0 Å². The lowest BCUT2D eigenvalue weighted by atomic mass is 10.3. The number of hydrogen-bond acceptors (Lipinski definition) is 5. The van der Waals surface area contributed by atoms with Gasteiger partial charge in [-0.05, 0) is 12.7 Å². The maximum atomic E-state index is 8.87. The number of anilines is 2. The van der Waals surface area contributed by atoms with Gasteiger partial charge in [-0.25, -0.2) is 0 Å². The molecule has 1 heterocycles. The topological polar surface area (TPSA) is 61.8 Å². The van der Waals surface area contributed by atoms with E-state index in [0.717, 1.165) is 29.3 Å². The summed E-state index contributed by atoms with van der Waals surface area (Å²) in [6.45, 7) is 3.09. The number of rotatable bonds is 5. The third kappa shape index (κ3) is 2.80. The van der Waals surface area contributed by atoms with Gasteiger partial charge in [0.15, 0.2) is 0 Å². The second kappa shape index (κ2) is 5.89. The molecule has 1 aromatic heterocycles. The first kappa shape index (κ1) is 12.2. The highest BCUT2D eigenvalue weighted by atomic mass is 32.2. The smallest absolute Gasteiger partial charge is 0.131 e. The molecule has 0 fully saturated rings. The first-order chi connectivity index (χ1) is 7.24. The van der Waals surface area contributed by atoms with Crippen molar-refractivity contribution in [2.24, 2.45) is 0 Å². The van der Waals surface area contributed by atoms with E-state index in [9.17, 15) is 0 Å². The Kier molecular flexibility index (Phi) is 4.79. The van der Waals surface area contributed by atoms with Crippen molar-refractivity contribution < 1.29 is 0 Å². The van der Waals surface area contributed by atoms with Gasteiger partial charge in [0.25, 0.3) is 0 Å². The van der Waals surface area contributed by atoms with Gasteiger partial charge in [0.1, 0.15) is 15.9 Å². The summed E-state index contributed by atoms with van der Waals surface area (Å²) in [5, 5.41) is 13.2. The van der Waals surface area contributed by atoms with E-state index in [1.807, 2.05) is 6.26 Å². The molecule has 0 aliphatic rings. The Balaban J connectivity index is 2.83. The van der Waals surface area contributed by atoms with Crippen LogP contribution in [0.1, 0.15) is 24.6 Å². The molecule has 3 N–H and O–H groups in total. The molecular weight excluding hydrogens is 226 g/mol. The molecule has 0 saturated carbocycles. The highest BCUT2D eigenvalue weighted by Crippen LogP contribution is 2.41. The maximum Gasteiger partial charge on any atom is 0.131 e. The van der Waals surface area contributed by atoms with Gasteiger partial charge in [-0.15, -0.1) is 23.1 Å². The average molecular weight is 241 g/mol. The molecule has 0 bridgehead atoms. The van der Waals surface area contributed by atoms with Gasteiger partial charge in [-0.2, -0.15) is 5.26 Å². The van der Waals surface area contributed by atoms with Gasteiger partial charge >= 0.3 is 0 Å². The Morgan fingerprint density at radius 1 is 1.60 bits per heavy atom. The summed E-state index contributed by atoms with van der Waals surface area (Å²) in [6.07, 6.45) is 4.27. The summed E-state index contributed by atoms with van der Waals surface area (Å²) < 4.78 is 0. The Morgan fingerprint density at radius 2 is 2.33 bits per heavy atom. The Morgan fingerprint density at radius 3 is 2.87 bits per heavy atom. The second-order valence-corrected chi connectivity index (χ2v) is 4.94. The number of nitrogens with one attached hydrogen (secondary N) is 1. The fourth-order valence-electron chi connectivity index (χ4n) is 1.21. The Labute approximate surface area is 98.7 Å². The normalized spacial score (nSPS) is 9.93. The molecule has 0 aliphatic heterocycles. The number of nitrogens with two attached hydrogens (primary N) is 1. The number of thioether (sulfide) groups is 1. The molecule has 0 aromatic carbocycles. The minimum Gasteiger partial charge on any atom is -0.396 e. The van der Waals surface area contributed by atoms with Crippen LogP contribution in [0.3, 0.4) is 0 Å². The van der Waals surface area contributed by atoms with Crippen LogP contribution in [0.25, 0.3) is 0 Å². The number of thiophene rings is 1. The molecule has 1 aromatic rings. The third-order valence-electron chi connectivity index (χ3n) is 2.02. The zero-order valence-corrected chi connectivity index (χ0v) is 10.6. The highest BCUT2D eigenvalue weighted by Gasteiger charge is 2.14. The standard InChI is InChI=1S/C10H15N3S2/c1-3-4-5-13-10-9(14-2)8(12)7(6-11)15-10/h13H,3-5,12H2,1-2H3. The lowest BCUT2D eigenvalue weighted by Crippen LogP contribution is -1.99. The molecule has 5 heteroatoms. The molecule has 0 aliphatic carbocycles. The monoisotopic (exact) mass is 241 g/mol. The molecule has 82 valence electrons. The van der Waals surface area contributed by atoms with Gasteiger partial charge in [0.2, 0.25) is 0 Å². The predicted octanol–water partition coefficient (Wildman–Crippen LogP) is 3.14. The summed E-state index contributed by atoms with van der Waals surface area (Å²) in [5.41, 5.74) is 6.48. The molecule has 0 amide bonds. The molecule has 0 atom stereocenters. The first-order valence-corrected chi connectivity index (χ1v) is 6.88. The van der Waals surface area contributed by atoms with Crippen LogP contribution in [-0.2, 0) is 0 Å². The summed E-state index contributed by atoms with van der Waals surface area (Å²) in [4.78, 5) is 1.62. The molecular formula is C10H15N3S2. The molecule has 1 rings (SSSR count). The van der Waals surface area contributed by atoms with Gasteiger partial charge in [0.05, 0.1) is 10.6 Å². The zero-order valence-electron chi connectivity index (χ0n) is 8.96. The quantitative estimate of drug-likeness (QED) is 0.614. The zero-order chi connectivity index (χ0) is 11.3. The highest BCUT2D eigenvalue weighted by molar-refractivity contribution is 7.99. The molecule has 0 unspecified atom stereocenters. The Bertz CT molecular complexity index is 365. The van der Waals surface area contributed by atoms with Crippen molar-refractivity contribution in [1.82, 2.24) is 0 Å². The van der Waals surface area contributed by atoms with E-state index in [-0.39, 0.29) is 0 Å². The van der Waals surface area contributed by atoms with Crippen molar-refractivity contribution >= 4 is 33.8 Å². The van der Waals surface area contributed by atoms with Crippen molar-refractivity contribution in [3.63, 3.8) is 0 Å². The van der Waals surface area contributed by atoms with Crippen molar-refractivity contribution in [2.75, 3.05) is 23.9 Å². The number of nitriles is 1.